The molecule has 17 heavy (non-hydrogen) atoms. The molecule has 0 aromatic rings. The average Bonchev–Trinajstić information content (AvgIpc) is 2.74. The predicted octanol–water partition coefficient (Wildman–Crippen LogP) is 1.24. The van der Waals surface area contributed by atoms with Crippen LogP contribution in [0.25, 0.3) is 0 Å². The zero-order valence-electron chi connectivity index (χ0n) is 10.6. The highest BCUT2D eigenvalue weighted by Crippen LogP contribution is 2.37. The van der Waals surface area contributed by atoms with Crippen LogP contribution in [-0.2, 0) is 0 Å². The molecule has 0 bridgehead atoms. The molecule has 4 N–H and O–H groups in total. The molecule has 2 aliphatic rings. The van der Waals surface area contributed by atoms with Crippen molar-refractivity contribution in [3.63, 3.8) is 0 Å². The maximum absolute atomic E-state index is 9.46. The van der Waals surface area contributed by atoms with Crippen LogP contribution in [0.4, 0.5) is 0 Å². The topological polar surface area (TPSA) is 70.6 Å². The first kappa shape index (κ1) is 12.7. The van der Waals surface area contributed by atoms with Gasteiger partial charge in [0.2, 0.25) is 0 Å². The Balaban J connectivity index is 1.73. The zero-order chi connectivity index (χ0) is 12.1. The smallest absolute Gasteiger partial charge is 0.188 e. The monoisotopic (exact) mass is 239 g/mol. The standard InChI is InChI=1S/C13H25N3O/c14-12(15-8-11-4-3-5-11)16-9-13(10-17)6-1-2-7-13/h11,17H,1-10H2,(H3,14,15,16). The fourth-order valence-electron chi connectivity index (χ4n) is 2.75. The number of aliphatic hydroxyl groups excluding tert-OH is 1. The molecule has 2 fully saturated rings. The Morgan fingerprint density at radius 2 is 2.00 bits per heavy atom. The number of aliphatic imine (C=N–C) groups is 1. The van der Waals surface area contributed by atoms with Crippen LogP contribution in [0.2, 0.25) is 0 Å². The summed E-state index contributed by atoms with van der Waals surface area (Å²) in [6.07, 6.45) is 8.60. The van der Waals surface area contributed by atoms with E-state index in [9.17, 15) is 5.11 Å². The molecule has 2 saturated carbocycles. The summed E-state index contributed by atoms with van der Waals surface area (Å²) in [4.78, 5) is 4.40. The molecule has 0 unspecified atom stereocenters. The van der Waals surface area contributed by atoms with E-state index in [4.69, 9.17) is 5.73 Å². The van der Waals surface area contributed by atoms with Gasteiger partial charge in [-0.15, -0.1) is 0 Å². The maximum Gasteiger partial charge on any atom is 0.188 e. The van der Waals surface area contributed by atoms with E-state index in [-0.39, 0.29) is 12.0 Å². The van der Waals surface area contributed by atoms with Gasteiger partial charge in [0.05, 0.1) is 13.2 Å². The van der Waals surface area contributed by atoms with E-state index < -0.39 is 0 Å². The first-order chi connectivity index (χ1) is 8.24. The second kappa shape index (κ2) is 5.71. The molecule has 4 heteroatoms. The first-order valence-electron chi connectivity index (χ1n) is 6.89. The Hall–Kier alpha value is -0.770. The molecule has 98 valence electrons. The van der Waals surface area contributed by atoms with Gasteiger partial charge in [-0.05, 0) is 31.6 Å². The average molecular weight is 239 g/mol. The number of hydrogen-bond donors (Lipinski definition) is 3. The van der Waals surface area contributed by atoms with Crippen molar-refractivity contribution in [1.29, 1.82) is 0 Å². The Morgan fingerprint density at radius 3 is 2.53 bits per heavy atom. The molecule has 0 aromatic heterocycles. The van der Waals surface area contributed by atoms with Crippen LogP contribution in [0.3, 0.4) is 0 Å². The van der Waals surface area contributed by atoms with E-state index in [1.807, 2.05) is 0 Å². The summed E-state index contributed by atoms with van der Waals surface area (Å²) in [5.41, 5.74) is 5.87. The molecule has 0 spiro atoms. The summed E-state index contributed by atoms with van der Waals surface area (Å²) in [6, 6.07) is 0. The molecular formula is C13H25N3O. The second-order valence-corrected chi connectivity index (χ2v) is 5.74. The SMILES string of the molecule is NC(=NCC1(CO)CCCC1)NCC1CCC1. The van der Waals surface area contributed by atoms with Crippen molar-refractivity contribution in [2.75, 3.05) is 19.7 Å². The molecule has 0 amide bonds. The van der Waals surface area contributed by atoms with Gasteiger partial charge in [0.15, 0.2) is 5.96 Å². The molecule has 0 saturated heterocycles. The summed E-state index contributed by atoms with van der Waals surface area (Å²) in [5, 5.41) is 12.7. The molecular weight excluding hydrogens is 214 g/mol. The minimum absolute atomic E-state index is 0.0166. The van der Waals surface area contributed by atoms with Gasteiger partial charge in [0.1, 0.15) is 0 Å². The third-order valence-electron chi connectivity index (χ3n) is 4.38. The second-order valence-electron chi connectivity index (χ2n) is 5.74. The van der Waals surface area contributed by atoms with Crippen molar-refractivity contribution < 1.29 is 5.11 Å². The molecule has 0 aliphatic heterocycles. The highest BCUT2D eigenvalue weighted by atomic mass is 16.3. The lowest BCUT2D eigenvalue weighted by atomic mass is 9.85. The van der Waals surface area contributed by atoms with Gasteiger partial charge in [-0.25, -0.2) is 0 Å². The summed E-state index contributed by atoms with van der Waals surface area (Å²) >= 11 is 0. The summed E-state index contributed by atoms with van der Waals surface area (Å²) in [6.45, 7) is 1.88. The van der Waals surface area contributed by atoms with Crippen LogP contribution in [0.1, 0.15) is 44.9 Å². The number of nitrogens with one attached hydrogen (secondary N) is 1. The van der Waals surface area contributed by atoms with Crippen molar-refractivity contribution in [1.82, 2.24) is 5.32 Å². The lowest BCUT2D eigenvalue weighted by Gasteiger charge is -2.26. The maximum atomic E-state index is 9.46. The zero-order valence-corrected chi connectivity index (χ0v) is 10.6. The highest BCUT2D eigenvalue weighted by Gasteiger charge is 2.32. The third kappa shape index (κ3) is 3.35. The van der Waals surface area contributed by atoms with E-state index in [1.54, 1.807) is 0 Å². The minimum atomic E-state index is 0.0166. The molecule has 0 heterocycles. The van der Waals surface area contributed by atoms with Crippen LogP contribution in [0.5, 0.6) is 0 Å². The lowest BCUT2D eigenvalue weighted by molar-refractivity contribution is 0.138. The van der Waals surface area contributed by atoms with E-state index >= 15 is 0 Å². The summed E-state index contributed by atoms with van der Waals surface area (Å²) in [7, 11) is 0. The number of aliphatic hydroxyl groups is 1. The molecule has 4 nitrogen and oxygen atoms in total. The van der Waals surface area contributed by atoms with Gasteiger partial charge in [-0.2, -0.15) is 0 Å². The highest BCUT2D eigenvalue weighted by molar-refractivity contribution is 5.77. The molecule has 2 aliphatic carbocycles. The normalized spacial score (nSPS) is 24.6. The Kier molecular flexibility index (Phi) is 4.26. The molecule has 0 atom stereocenters. The van der Waals surface area contributed by atoms with Crippen molar-refractivity contribution >= 4 is 5.96 Å². The van der Waals surface area contributed by atoms with Crippen LogP contribution in [0, 0.1) is 11.3 Å². The van der Waals surface area contributed by atoms with Crippen LogP contribution in [-0.4, -0.2) is 30.8 Å². The quantitative estimate of drug-likeness (QED) is 0.499. The fraction of sp³-hybridized carbons (Fsp3) is 0.923. The van der Waals surface area contributed by atoms with Crippen molar-refractivity contribution in [2.45, 2.75) is 44.9 Å². The van der Waals surface area contributed by atoms with Gasteiger partial charge in [-0.1, -0.05) is 19.3 Å². The third-order valence-corrected chi connectivity index (χ3v) is 4.38. The van der Waals surface area contributed by atoms with Crippen LogP contribution < -0.4 is 11.1 Å². The molecule has 2 rings (SSSR count). The predicted molar refractivity (Wildman–Crippen MR) is 69.8 cm³/mol. The van der Waals surface area contributed by atoms with Crippen molar-refractivity contribution in [2.24, 2.45) is 22.1 Å². The van der Waals surface area contributed by atoms with Crippen molar-refractivity contribution in [3.05, 3.63) is 0 Å². The van der Waals surface area contributed by atoms with Crippen LogP contribution >= 0.6 is 0 Å². The minimum Gasteiger partial charge on any atom is -0.396 e. The van der Waals surface area contributed by atoms with Crippen LogP contribution in [0.15, 0.2) is 4.99 Å². The number of hydrogen-bond acceptors (Lipinski definition) is 2. The van der Waals surface area contributed by atoms with Gasteiger partial charge >= 0.3 is 0 Å². The summed E-state index contributed by atoms with van der Waals surface area (Å²) < 4.78 is 0. The first-order valence-corrected chi connectivity index (χ1v) is 6.89. The Bertz CT molecular complexity index is 268. The Labute approximate surface area is 104 Å². The largest absolute Gasteiger partial charge is 0.396 e. The van der Waals surface area contributed by atoms with Gasteiger partial charge < -0.3 is 16.2 Å². The number of nitrogens with zero attached hydrogens (tertiary/aromatic N) is 1. The van der Waals surface area contributed by atoms with Gasteiger partial charge in [0, 0.05) is 12.0 Å². The number of nitrogens with two attached hydrogens (primary N) is 1. The molecule has 0 radical (unpaired) electrons. The van der Waals surface area contributed by atoms with Crippen molar-refractivity contribution in [3.8, 4) is 0 Å². The van der Waals surface area contributed by atoms with E-state index in [0.29, 0.717) is 12.5 Å². The van der Waals surface area contributed by atoms with Gasteiger partial charge in [-0.3, -0.25) is 4.99 Å². The van der Waals surface area contributed by atoms with Gasteiger partial charge in [0.25, 0.3) is 0 Å². The van der Waals surface area contributed by atoms with E-state index in [1.165, 1.54) is 32.1 Å². The lowest BCUT2D eigenvalue weighted by Crippen LogP contribution is -2.38. The summed E-state index contributed by atoms with van der Waals surface area (Å²) in [5.74, 6) is 1.35. The Morgan fingerprint density at radius 1 is 1.29 bits per heavy atom. The van der Waals surface area contributed by atoms with E-state index in [2.05, 4.69) is 10.3 Å². The van der Waals surface area contributed by atoms with E-state index in [0.717, 1.165) is 25.3 Å². The number of rotatable bonds is 5. The fourth-order valence-corrected chi connectivity index (χ4v) is 2.75. The number of guanidine groups is 1. The molecule has 0 aromatic carbocycles.